The number of carbonyl (C=O) groups is 3. The van der Waals surface area contributed by atoms with E-state index in [0.717, 1.165) is 96.3 Å². The van der Waals surface area contributed by atoms with Crippen molar-refractivity contribution in [3.63, 3.8) is 0 Å². The lowest BCUT2D eigenvalue weighted by molar-refractivity contribution is -0.167. The summed E-state index contributed by atoms with van der Waals surface area (Å²) in [7, 11) is 0. The van der Waals surface area contributed by atoms with Gasteiger partial charge in [0, 0.05) is 19.3 Å². The van der Waals surface area contributed by atoms with Crippen molar-refractivity contribution >= 4 is 17.9 Å². The molecule has 0 saturated carbocycles. The van der Waals surface area contributed by atoms with E-state index in [1.165, 1.54) is 89.9 Å². The van der Waals surface area contributed by atoms with Gasteiger partial charge in [0.05, 0.1) is 0 Å². The van der Waals surface area contributed by atoms with Crippen molar-refractivity contribution in [2.75, 3.05) is 13.2 Å². The number of esters is 3. The second kappa shape index (κ2) is 44.1. The van der Waals surface area contributed by atoms with Crippen LogP contribution in [-0.4, -0.2) is 37.2 Å². The third kappa shape index (κ3) is 42.4. The molecule has 6 nitrogen and oxygen atoms in total. The minimum Gasteiger partial charge on any atom is -0.462 e. The van der Waals surface area contributed by atoms with Crippen molar-refractivity contribution in [3.8, 4) is 0 Å². The minimum absolute atomic E-state index is 0.0817. The van der Waals surface area contributed by atoms with E-state index >= 15 is 0 Å². The molecule has 1 atom stereocenters. The van der Waals surface area contributed by atoms with Gasteiger partial charge in [-0.05, 0) is 83.5 Å². The van der Waals surface area contributed by atoms with Crippen molar-refractivity contribution in [2.24, 2.45) is 0 Å². The van der Waals surface area contributed by atoms with Crippen molar-refractivity contribution in [1.82, 2.24) is 0 Å². The number of hydrogen-bond acceptors (Lipinski definition) is 6. The van der Waals surface area contributed by atoms with E-state index < -0.39 is 6.10 Å². The number of unbranched alkanes of at least 4 members (excludes halogenated alkanes) is 22. The Balaban J connectivity index is 4.23. The minimum atomic E-state index is -0.776. The van der Waals surface area contributed by atoms with Gasteiger partial charge in [0.2, 0.25) is 0 Å². The second-order valence-corrected chi connectivity index (χ2v) is 15.3. The first-order chi connectivity index (χ1) is 27.0. The number of allylic oxidation sites excluding steroid dienone is 8. The first kappa shape index (κ1) is 52.4. The molecule has 0 amide bonds. The van der Waals surface area contributed by atoms with E-state index in [1.807, 2.05) is 0 Å². The quantitative estimate of drug-likeness (QED) is 0.0267. The normalized spacial score (nSPS) is 12.4. The van der Waals surface area contributed by atoms with Crippen LogP contribution in [0.1, 0.15) is 226 Å². The van der Waals surface area contributed by atoms with Crippen molar-refractivity contribution in [2.45, 2.75) is 232 Å². The Labute approximate surface area is 339 Å². The molecule has 0 rings (SSSR count). The fraction of sp³-hybridized carbons (Fsp3) is 0.776. The van der Waals surface area contributed by atoms with Crippen LogP contribution >= 0.6 is 0 Å². The predicted octanol–water partition coefficient (Wildman–Crippen LogP) is 14.8. The van der Waals surface area contributed by atoms with Crippen LogP contribution in [0.2, 0.25) is 0 Å². The summed E-state index contributed by atoms with van der Waals surface area (Å²) in [5, 5.41) is 0. The number of hydrogen-bond donors (Lipinski definition) is 0. The molecule has 0 aromatic rings. The maximum Gasteiger partial charge on any atom is 0.306 e. The lowest BCUT2D eigenvalue weighted by Crippen LogP contribution is -2.30. The summed E-state index contributed by atoms with van der Waals surface area (Å²) < 4.78 is 16.6. The summed E-state index contributed by atoms with van der Waals surface area (Å²) in [6.45, 7) is 6.48. The topological polar surface area (TPSA) is 78.9 Å². The molecule has 0 radical (unpaired) electrons. The van der Waals surface area contributed by atoms with Crippen LogP contribution in [0.4, 0.5) is 0 Å². The van der Waals surface area contributed by atoms with Gasteiger partial charge in [-0.1, -0.05) is 172 Å². The van der Waals surface area contributed by atoms with Gasteiger partial charge >= 0.3 is 17.9 Å². The second-order valence-electron chi connectivity index (χ2n) is 15.3. The van der Waals surface area contributed by atoms with Crippen LogP contribution in [0.25, 0.3) is 0 Å². The summed E-state index contributed by atoms with van der Waals surface area (Å²) in [6, 6.07) is 0. The highest BCUT2D eigenvalue weighted by atomic mass is 16.6. The van der Waals surface area contributed by atoms with E-state index in [1.54, 1.807) is 0 Å². The highest BCUT2D eigenvalue weighted by molar-refractivity contribution is 5.71. The molecule has 0 saturated heterocycles. The van der Waals surface area contributed by atoms with Gasteiger partial charge in [0.25, 0.3) is 0 Å². The third-order valence-corrected chi connectivity index (χ3v) is 9.81. The Morgan fingerprint density at radius 1 is 0.364 bits per heavy atom. The zero-order valence-electron chi connectivity index (χ0n) is 36.2. The smallest absolute Gasteiger partial charge is 0.306 e. The molecule has 0 aliphatic heterocycles. The lowest BCUT2D eigenvalue weighted by atomic mass is 10.1. The molecule has 6 heteroatoms. The molecule has 0 bridgehead atoms. The molecule has 1 unspecified atom stereocenters. The zero-order valence-corrected chi connectivity index (χ0v) is 36.2. The Morgan fingerprint density at radius 2 is 0.655 bits per heavy atom. The van der Waals surface area contributed by atoms with Crippen LogP contribution < -0.4 is 0 Å². The Kier molecular flexibility index (Phi) is 42.0. The maximum absolute atomic E-state index is 12.7. The molecule has 0 aliphatic rings. The Hall–Kier alpha value is -2.63. The van der Waals surface area contributed by atoms with Gasteiger partial charge in [-0.2, -0.15) is 0 Å². The SMILES string of the molecule is CCCCC/C=C\C/C=C\C/C=C\CCCCCCCCC(=O)OCC(COC(=O)CCCCCCC)OC(=O)CCCCCCC/C=C\CCCCCC. The largest absolute Gasteiger partial charge is 0.462 e. The fourth-order valence-electron chi connectivity index (χ4n) is 6.27. The molecule has 0 aliphatic carbocycles. The molecule has 0 spiro atoms. The summed E-state index contributed by atoms with van der Waals surface area (Å²) in [6.07, 6.45) is 51.2. The highest BCUT2D eigenvalue weighted by Crippen LogP contribution is 2.13. The van der Waals surface area contributed by atoms with Gasteiger partial charge in [0.1, 0.15) is 13.2 Å². The van der Waals surface area contributed by atoms with E-state index in [0.29, 0.717) is 19.3 Å². The van der Waals surface area contributed by atoms with Crippen LogP contribution in [0.3, 0.4) is 0 Å². The number of rotatable bonds is 41. The van der Waals surface area contributed by atoms with Crippen LogP contribution in [0.15, 0.2) is 48.6 Å². The van der Waals surface area contributed by atoms with Gasteiger partial charge in [0.15, 0.2) is 6.10 Å². The first-order valence-electron chi connectivity index (χ1n) is 23.1. The number of ether oxygens (including phenoxy) is 3. The Morgan fingerprint density at radius 3 is 1.09 bits per heavy atom. The molecule has 0 heterocycles. The average Bonchev–Trinajstić information content (AvgIpc) is 3.18. The van der Waals surface area contributed by atoms with Crippen LogP contribution in [0, 0.1) is 0 Å². The molecule has 55 heavy (non-hydrogen) atoms. The predicted molar refractivity (Wildman–Crippen MR) is 233 cm³/mol. The van der Waals surface area contributed by atoms with Crippen molar-refractivity contribution < 1.29 is 28.6 Å². The summed E-state index contributed by atoms with van der Waals surface area (Å²) in [5.74, 6) is -0.918. The Bertz CT molecular complexity index is 980. The van der Waals surface area contributed by atoms with E-state index in [4.69, 9.17) is 14.2 Å². The summed E-state index contributed by atoms with van der Waals surface area (Å²) in [5.41, 5.74) is 0. The molecule has 318 valence electrons. The molecule has 0 aromatic carbocycles. The standard InChI is InChI=1S/C49H86O6/c1-4-7-10-13-15-17-19-21-22-23-24-25-26-28-29-31-33-36-39-42-48(51)54-45-46(44-53-47(50)41-38-35-12-9-6-3)55-49(52)43-40-37-34-32-30-27-20-18-16-14-11-8-5-2/h15,17-18,20-22,24-25,46H,4-14,16,19,23,26-45H2,1-3H3/b17-15-,20-18-,22-21-,25-24-. The fourth-order valence-corrected chi connectivity index (χ4v) is 6.27. The van der Waals surface area contributed by atoms with E-state index in [9.17, 15) is 14.4 Å². The van der Waals surface area contributed by atoms with Gasteiger partial charge in [-0.25, -0.2) is 0 Å². The van der Waals surface area contributed by atoms with Gasteiger partial charge in [-0.15, -0.1) is 0 Å². The van der Waals surface area contributed by atoms with E-state index in [-0.39, 0.29) is 31.1 Å². The molecule has 0 fully saturated rings. The molecule has 0 aromatic heterocycles. The van der Waals surface area contributed by atoms with Crippen LogP contribution in [-0.2, 0) is 28.6 Å². The van der Waals surface area contributed by atoms with Gasteiger partial charge < -0.3 is 14.2 Å². The van der Waals surface area contributed by atoms with Gasteiger partial charge in [-0.3, -0.25) is 14.4 Å². The molecule has 0 N–H and O–H groups in total. The first-order valence-corrected chi connectivity index (χ1v) is 23.1. The van der Waals surface area contributed by atoms with Crippen molar-refractivity contribution in [1.29, 1.82) is 0 Å². The number of carbonyl (C=O) groups excluding carboxylic acids is 3. The lowest BCUT2D eigenvalue weighted by Gasteiger charge is -2.18. The third-order valence-electron chi connectivity index (χ3n) is 9.81. The maximum atomic E-state index is 12.7. The molecular formula is C49H86O6. The van der Waals surface area contributed by atoms with E-state index in [2.05, 4.69) is 69.4 Å². The summed E-state index contributed by atoms with van der Waals surface area (Å²) in [4.78, 5) is 37.5. The average molecular weight is 771 g/mol. The van der Waals surface area contributed by atoms with Crippen molar-refractivity contribution in [3.05, 3.63) is 48.6 Å². The zero-order chi connectivity index (χ0) is 40.1. The highest BCUT2D eigenvalue weighted by Gasteiger charge is 2.19. The molecular weight excluding hydrogens is 685 g/mol. The van der Waals surface area contributed by atoms with Crippen LogP contribution in [0.5, 0.6) is 0 Å². The monoisotopic (exact) mass is 771 g/mol. The summed E-state index contributed by atoms with van der Waals surface area (Å²) >= 11 is 0.